The third kappa shape index (κ3) is 2.43. The minimum absolute atomic E-state index is 0.0635. The molecule has 1 fully saturated rings. The maximum atomic E-state index is 12.3. The van der Waals surface area contributed by atoms with Crippen molar-refractivity contribution >= 4 is 5.91 Å². The Bertz CT molecular complexity index is 584. The fourth-order valence-corrected chi connectivity index (χ4v) is 2.48. The zero-order valence-electron chi connectivity index (χ0n) is 11.5. The third-order valence-corrected chi connectivity index (χ3v) is 3.84. The van der Waals surface area contributed by atoms with Gasteiger partial charge in [0, 0.05) is 25.6 Å². The first-order valence-corrected chi connectivity index (χ1v) is 6.90. The van der Waals surface area contributed by atoms with E-state index in [0.717, 1.165) is 24.2 Å². The highest BCUT2D eigenvalue weighted by molar-refractivity contribution is 5.94. The van der Waals surface area contributed by atoms with Crippen molar-refractivity contribution in [2.45, 2.75) is 31.6 Å². The van der Waals surface area contributed by atoms with Crippen LogP contribution in [0.1, 0.15) is 47.1 Å². The van der Waals surface area contributed by atoms with Crippen LogP contribution in [-0.4, -0.2) is 37.4 Å². The Morgan fingerprint density at radius 2 is 2.40 bits per heavy atom. The summed E-state index contributed by atoms with van der Waals surface area (Å²) in [5, 5.41) is 13.7. The molecule has 0 aromatic carbocycles. The first-order chi connectivity index (χ1) is 9.75. The van der Waals surface area contributed by atoms with Gasteiger partial charge >= 0.3 is 0 Å². The van der Waals surface area contributed by atoms with Crippen LogP contribution < -0.4 is 5.32 Å². The molecule has 2 heterocycles. The zero-order chi connectivity index (χ0) is 13.9. The molecule has 2 N–H and O–H groups in total. The van der Waals surface area contributed by atoms with Crippen molar-refractivity contribution in [2.24, 2.45) is 7.05 Å². The average Bonchev–Trinajstić information content (AvgIpc) is 2.98. The summed E-state index contributed by atoms with van der Waals surface area (Å²) in [4.78, 5) is 16.3. The van der Waals surface area contributed by atoms with Gasteiger partial charge in [0.05, 0.1) is 6.20 Å². The molecule has 106 valence electrons. The second-order valence-electron chi connectivity index (χ2n) is 5.14. The summed E-state index contributed by atoms with van der Waals surface area (Å²) in [6.07, 6.45) is 7.49. The summed E-state index contributed by atoms with van der Waals surface area (Å²) >= 11 is 0. The average molecular weight is 274 g/mol. The van der Waals surface area contributed by atoms with Gasteiger partial charge in [-0.05, 0) is 18.8 Å². The number of hydrogen-bond donors (Lipinski definition) is 2. The van der Waals surface area contributed by atoms with Gasteiger partial charge in [-0.3, -0.25) is 14.6 Å². The maximum Gasteiger partial charge on any atom is 0.269 e. The predicted molar refractivity (Wildman–Crippen MR) is 72.2 cm³/mol. The lowest BCUT2D eigenvalue weighted by atomic mass is 9.80. The first-order valence-electron chi connectivity index (χ1n) is 6.90. The fourth-order valence-electron chi connectivity index (χ4n) is 2.48. The Hall–Kier alpha value is -2.18. The van der Waals surface area contributed by atoms with E-state index in [1.807, 2.05) is 13.2 Å². The van der Waals surface area contributed by atoms with E-state index in [1.54, 1.807) is 4.68 Å². The minimum atomic E-state index is -0.0635. The smallest absolute Gasteiger partial charge is 0.269 e. The van der Waals surface area contributed by atoms with Gasteiger partial charge in [0.1, 0.15) is 17.8 Å². The van der Waals surface area contributed by atoms with Crippen LogP contribution in [0.25, 0.3) is 0 Å². The summed E-state index contributed by atoms with van der Waals surface area (Å²) < 4.78 is 1.66. The van der Waals surface area contributed by atoms with E-state index in [2.05, 4.69) is 25.6 Å². The lowest BCUT2D eigenvalue weighted by molar-refractivity contribution is 0.0942. The van der Waals surface area contributed by atoms with Crippen LogP contribution >= 0.6 is 0 Å². The van der Waals surface area contributed by atoms with E-state index in [1.165, 1.54) is 12.7 Å². The molecule has 2 aromatic heterocycles. The van der Waals surface area contributed by atoms with Crippen LogP contribution in [0.3, 0.4) is 0 Å². The number of amides is 1. The van der Waals surface area contributed by atoms with Crippen molar-refractivity contribution < 1.29 is 4.79 Å². The van der Waals surface area contributed by atoms with Crippen molar-refractivity contribution in [3.63, 3.8) is 0 Å². The molecular weight excluding hydrogens is 256 g/mol. The molecular formula is C13H18N6O. The number of nitrogens with zero attached hydrogens (tertiary/aromatic N) is 4. The Balaban J connectivity index is 1.63. The van der Waals surface area contributed by atoms with Gasteiger partial charge in [-0.2, -0.15) is 10.2 Å². The van der Waals surface area contributed by atoms with E-state index >= 15 is 0 Å². The molecule has 7 nitrogen and oxygen atoms in total. The van der Waals surface area contributed by atoms with Crippen LogP contribution in [0, 0.1) is 0 Å². The van der Waals surface area contributed by atoms with E-state index in [0.29, 0.717) is 24.6 Å². The third-order valence-electron chi connectivity index (χ3n) is 3.84. The summed E-state index contributed by atoms with van der Waals surface area (Å²) in [5.41, 5.74) is 1.77. The van der Waals surface area contributed by atoms with Gasteiger partial charge in [0.2, 0.25) is 0 Å². The van der Waals surface area contributed by atoms with E-state index in [-0.39, 0.29) is 5.91 Å². The Labute approximate surface area is 116 Å². The fraction of sp³-hybridized carbons (Fsp3) is 0.538. The van der Waals surface area contributed by atoms with Gasteiger partial charge < -0.3 is 5.32 Å². The molecule has 1 aliphatic rings. The second kappa shape index (κ2) is 5.44. The highest BCUT2D eigenvalue weighted by Gasteiger charge is 2.27. The van der Waals surface area contributed by atoms with Gasteiger partial charge in [-0.25, -0.2) is 4.98 Å². The maximum absolute atomic E-state index is 12.3. The quantitative estimate of drug-likeness (QED) is 0.843. The molecule has 0 radical (unpaired) electrons. The van der Waals surface area contributed by atoms with Gasteiger partial charge in [-0.1, -0.05) is 6.42 Å². The summed E-state index contributed by atoms with van der Waals surface area (Å²) in [6.45, 7) is 0.531. The molecule has 0 aliphatic heterocycles. The van der Waals surface area contributed by atoms with Gasteiger partial charge in [-0.15, -0.1) is 0 Å². The molecule has 1 saturated carbocycles. The lowest BCUT2D eigenvalue weighted by Gasteiger charge is -2.25. The molecule has 0 saturated heterocycles. The normalized spacial score (nSPS) is 15.1. The number of hydrogen-bond acceptors (Lipinski definition) is 4. The molecule has 0 bridgehead atoms. The van der Waals surface area contributed by atoms with Crippen molar-refractivity contribution in [1.82, 2.24) is 30.3 Å². The van der Waals surface area contributed by atoms with E-state index in [9.17, 15) is 4.79 Å². The van der Waals surface area contributed by atoms with Crippen molar-refractivity contribution in [2.75, 3.05) is 6.54 Å². The van der Waals surface area contributed by atoms with Crippen molar-refractivity contribution in [3.05, 3.63) is 29.6 Å². The predicted octanol–water partition coefficient (Wildman–Crippen LogP) is 0.778. The SMILES string of the molecule is Cn1ncc(C2CCC2)c1C(=O)NCCc1ncn[nH]1. The second-order valence-corrected chi connectivity index (χ2v) is 5.14. The van der Waals surface area contributed by atoms with Gasteiger partial charge in [0.25, 0.3) is 5.91 Å². The molecule has 2 aromatic rings. The molecule has 0 unspecified atom stereocenters. The standard InChI is InChI=1S/C13H18N6O/c1-19-12(10(7-17-19)9-3-2-4-9)13(20)14-6-5-11-15-8-16-18-11/h7-9H,2-6H2,1H3,(H,14,20)(H,15,16,18). The lowest BCUT2D eigenvalue weighted by Crippen LogP contribution is -2.29. The molecule has 1 aliphatic carbocycles. The van der Waals surface area contributed by atoms with Gasteiger partial charge in [0.15, 0.2) is 0 Å². The molecule has 20 heavy (non-hydrogen) atoms. The largest absolute Gasteiger partial charge is 0.350 e. The topological polar surface area (TPSA) is 88.5 Å². The summed E-state index contributed by atoms with van der Waals surface area (Å²) in [7, 11) is 1.81. The Morgan fingerprint density at radius 3 is 3.05 bits per heavy atom. The van der Waals surface area contributed by atoms with Crippen LogP contribution in [-0.2, 0) is 13.5 Å². The molecule has 0 spiro atoms. The number of carbonyl (C=O) groups is 1. The number of nitrogens with one attached hydrogen (secondary N) is 2. The molecule has 3 rings (SSSR count). The van der Waals surface area contributed by atoms with Crippen LogP contribution in [0.4, 0.5) is 0 Å². The number of aromatic nitrogens is 5. The number of carbonyl (C=O) groups excluding carboxylic acids is 1. The van der Waals surface area contributed by atoms with Crippen molar-refractivity contribution in [1.29, 1.82) is 0 Å². The summed E-state index contributed by atoms with van der Waals surface area (Å²) in [5.74, 6) is 1.21. The minimum Gasteiger partial charge on any atom is -0.350 e. The molecule has 0 atom stereocenters. The van der Waals surface area contributed by atoms with Crippen LogP contribution in [0.15, 0.2) is 12.5 Å². The first kappa shape index (κ1) is 12.8. The zero-order valence-corrected chi connectivity index (χ0v) is 11.5. The summed E-state index contributed by atoms with van der Waals surface area (Å²) in [6, 6.07) is 0. The van der Waals surface area contributed by atoms with Crippen molar-refractivity contribution in [3.8, 4) is 0 Å². The number of H-pyrrole nitrogens is 1. The van der Waals surface area contributed by atoms with E-state index < -0.39 is 0 Å². The number of rotatable bonds is 5. The highest BCUT2D eigenvalue weighted by Crippen LogP contribution is 2.37. The highest BCUT2D eigenvalue weighted by atomic mass is 16.2. The Kier molecular flexibility index (Phi) is 3.49. The van der Waals surface area contributed by atoms with Crippen LogP contribution in [0.5, 0.6) is 0 Å². The number of aryl methyl sites for hydroxylation is 1. The monoisotopic (exact) mass is 274 g/mol. The molecule has 7 heteroatoms. The van der Waals surface area contributed by atoms with Crippen LogP contribution in [0.2, 0.25) is 0 Å². The van der Waals surface area contributed by atoms with E-state index in [4.69, 9.17) is 0 Å². The molecule has 1 amide bonds. The Morgan fingerprint density at radius 1 is 1.55 bits per heavy atom. The number of aromatic amines is 1.